The molecule has 5 nitrogen and oxygen atoms in total. The molecule has 0 bridgehead atoms. The van der Waals surface area contributed by atoms with Crippen LogP contribution < -0.4 is 9.47 Å². The lowest BCUT2D eigenvalue weighted by Gasteiger charge is -2.06. The number of carbonyl (C=O) groups excluding carboxylic acids is 1. The van der Waals surface area contributed by atoms with Crippen molar-refractivity contribution in [1.29, 1.82) is 0 Å². The Morgan fingerprint density at radius 1 is 0.852 bits per heavy atom. The summed E-state index contributed by atoms with van der Waals surface area (Å²) in [6, 6.07) is 10.5. The topological polar surface area (TPSA) is 76.0 Å². The predicted octanol–water partition coefficient (Wildman–Crippen LogP) is 4.98. The predicted molar refractivity (Wildman–Crippen MR) is 103 cm³/mol. The molecule has 2 aromatic rings. The van der Waals surface area contributed by atoms with Crippen molar-refractivity contribution < 1.29 is 24.5 Å². The van der Waals surface area contributed by atoms with Crippen LogP contribution in [0.5, 0.6) is 23.0 Å². The Labute approximate surface area is 159 Å². The number of phenols is 2. The largest absolute Gasteiger partial charge is 0.507 e. The molecule has 0 radical (unpaired) electrons. The lowest BCUT2D eigenvalue weighted by molar-refractivity contribution is 0.0973. The molecule has 0 atom stereocenters. The smallest absolute Gasteiger partial charge is 0.231 e. The summed E-state index contributed by atoms with van der Waals surface area (Å²) in [5, 5.41) is 19.4. The number of aromatic hydroxyl groups is 2. The normalized spacial score (nSPS) is 12.3. The van der Waals surface area contributed by atoms with E-state index in [4.69, 9.17) is 9.47 Å². The van der Waals surface area contributed by atoms with Gasteiger partial charge < -0.3 is 19.7 Å². The Hall–Kier alpha value is -2.69. The van der Waals surface area contributed by atoms with Gasteiger partial charge in [0.2, 0.25) is 6.79 Å². The number of carbonyl (C=O) groups is 1. The van der Waals surface area contributed by atoms with Crippen LogP contribution in [0.4, 0.5) is 0 Å². The maximum atomic E-state index is 12.1. The summed E-state index contributed by atoms with van der Waals surface area (Å²) < 4.78 is 10.7. The fourth-order valence-corrected chi connectivity index (χ4v) is 3.36. The molecule has 1 heterocycles. The summed E-state index contributed by atoms with van der Waals surface area (Å²) in [4.78, 5) is 12.1. The van der Waals surface area contributed by atoms with Crippen molar-refractivity contribution >= 4 is 5.78 Å². The fourth-order valence-electron chi connectivity index (χ4n) is 3.36. The molecule has 0 spiro atoms. The van der Waals surface area contributed by atoms with E-state index >= 15 is 0 Å². The molecule has 1 aliphatic rings. The third-order valence-electron chi connectivity index (χ3n) is 4.86. The maximum Gasteiger partial charge on any atom is 0.231 e. The summed E-state index contributed by atoms with van der Waals surface area (Å²) in [5.74, 6) is 1.17. The van der Waals surface area contributed by atoms with Gasteiger partial charge in [-0.2, -0.15) is 0 Å². The Bertz CT molecular complexity index is 764. The number of unbranched alkanes of at least 4 members (excludes halogenated alkanes) is 5. The zero-order chi connectivity index (χ0) is 19.1. The number of hydrogen-bond donors (Lipinski definition) is 2. The Morgan fingerprint density at radius 2 is 1.52 bits per heavy atom. The molecular weight excluding hydrogens is 344 g/mol. The van der Waals surface area contributed by atoms with E-state index in [1.54, 1.807) is 0 Å². The van der Waals surface area contributed by atoms with Crippen molar-refractivity contribution in [1.82, 2.24) is 0 Å². The minimum Gasteiger partial charge on any atom is -0.507 e. The van der Waals surface area contributed by atoms with Crippen molar-refractivity contribution in [2.24, 2.45) is 0 Å². The van der Waals surface area contributed by atoms with Crippen LogP contribution in [0.25, 0.3) is 0 Å². The molecule has 5 heteroatoms. The van der Waals surface area contributed by atoms with E-state index in [0.717, 1.165) is 56.4 Å². The highest BCUT2D eigenvalue weighted by molar-refractivity contribution is 6.01. The molecule has 0 saturated carbocycles. The number of hydrogen-bond acceptors (Lipinski definition) is 5. The van der Waals surface area contributed by atoms with Crippen molar-refractivity contribution in [3.05, 3.63) is 47.5 Å². The highest BCUT2D eigenvalue weighted by Gasteiger charge is 2.15. The number of phenolic OH excluding ortho intramolecular Hbond substituents is 2. The molecule has 0 aromatic heterocycles. The van der Waals surface area contributed by atoms with Gasteiger partial charge >= 0.3 is 0 Å². The third kappa shape index (κ3) is 5.16. The Balaban J connectivity index is 1.27. The first kappa shape index (κ1) is 19.1. The monoisotopic (exact) mass is 370 g/mol. The van der Waals surface area contributed by atoms with Crippen LogP contribution in [-0.2, 0) is 6.42 Å². The fraction of sp³-hybridized carbons (Fsp3) is 0.409. The van der Waals surface area contributed by atoms with Gasteiger partial charge in [0.05, 0.1) is 0 Å². The minimum atomic E-state index is -0.201. The molecule has 0 saturated heterocycles. The maximum absolute atomic E-state index is 12.1. The minimum absolute atomic E-state index is 0.0428. The average molecular weight is 370 g/mol. The number of aryl methyl sites for hydroxylation is 1. The molecule has 27 heavy (non-hydrogen) atoms. The van der Waals surface area contributed by atoms with E-state index in [1.165, 1.54) is 23.8 Å². The molecular formula is C22H26O5. The zero-order valence-corrected chi connectivity index (χ0v) is 15.4. The molecule has 0 unspecified atom stereocenters. The number of rotatable bonds is 10. The Kier molecular flexibility index (Phi) is 6.58. The van der Waals surface area contributed by atoms with Crippen LogP contribution in [0.1, 0.15) is 60.9 Å². The number of ether oxygens (including phenoxy) is 2. The second kappa shape index (κ2) is 9.31. The SMILES string of the molecule is O=C(CCCCCCCCc1ccc2c(c1)OCO2)c1c(O)cccc1O. The number of Topliss-reactive ketones (excluding diaryl/α,β-unsaturated/α-hetero) is 1. The highest BCUT2D eigenvalue weighted by atomic mass is 16.7. The van der Waals surface area contributed by atoms with Gasteiger partial charge in [0.1, 0.15) is 17.1 Å². The first-order chi connectivity index (χ1) is 13.1. The molecule has 3 rings (SSSR count). The highest BCUT2D eigenvalue weighted by Crippen LogP contribution is 2.33. The van der Waals surface area contributed by atoms with Crippen molar-refractivity contribution in [3.8, 4) is 23.0 Å². The molecule has 144 valence electrons. The number of fused-ring (bicyclic) bond motifs is 1. The lowest BCUT2D eigenvalue weighted by Crippen LogP contribution is -2.00. The van der Waals surface area contributed by atoms with E-state index < -0.39 is 0 Å². The lowest BCUT2D eigenvalue weighted by atomic mass is 10.0. The third-order valence-corrected chi connectivity index (χ3v) is 4.86. The van der Waals surface area contributed by atoms with E-state index in [1.807, 2.05) is 6.07 Å². The molecule has 2 N–H and O–H groups in total. The Morgan fingerprint density at radius 3 is 2.30 bits per heavy atom. The van der Waals surface area contributed by atoms with Gasteiger partial charge in [-0.25, -0.2) is 0 Å². The second-order valence-corrected chi connectivity index (χ2v) is 6.90. The summed E-state index contributed by atoms with van der Waals surface area (Å²) in [5.41, 5.74) is 1.31. The van der Waals surface area contributed by atoms with Gasteiger partial charge in [0.25, 0.3) is 0 Å². The van der Waals surface area contributed by atoms with Gasteiger partial charge in [0.15, 0.2) is 17.3 Å². The summed E-state index contributed by atoms with van der Waals surface area (Å²) in [6.45, 7) is 0.310. The van der Waals surface area contributed by atoms with Crippen LogP contribution in [0, 0.1) is 0 Å². The molecule has 1 aliphatic heterocycles. The molecule has 2 aromatic carbocycles. The van der Waals surface area contributed by atoms with Gasteiger partial charge in [-0.3, -0.25) is 4.79 Å². The first-order valence-corrected chi connectivity index (χ1v) is 9.58. The standard InChI is InChI=1S/C22H26O5/c23-17(22-18(24)10-7-11-19(22)25)9-6-4-2-1-3-5-8-16-12-13-20-21(14-16)27-15-26-20/h7,10-14,24-25H,1-6,8-9,15H2. The van der Waals surface area contributed by atoms with Gasteiger partial charge in [-0.1, -0.05) is 37.8 Å². The van der Waals surface area contributed by atoms with Crippen LogP contribution in [-0.4, -0.2) is 22.8 Å². The second-order valence-electron chi connectivity index (χ2n) is 6.90. The van der Waals surface area contributed by atoms with E-state index in [-0.39, 0.29) is 22.8 Å². The van der Waals surface area contributed by atoms with Crippen LogP contribution >= 0.6 is 0 Å². The van der Waals surface area contributed by atoms with Gasteiger partial charge in [-0.15, -0.1) is 0 Å². The van der Waals surface area contributed by atoms with Crippen LogP contribution in [0.2, 0.25) is 0 Å². The van der Waals surface area contributed by atoms with Crippen molar-refractivity contribution in [3.63, 3.8) is 0 Å². The van der Waals surface area contributed by atoms with Crippen molar-refractivity contribution in [2.75, 3.05) is 6.79 Å². The van der Waals surface area contributed by atoms with E-state index in [2.05, 4.69) is 12.1 Å². The zero-order valence-electron chi connectivity index (χ0n) is 15.4. The molecule has 0 fully saturated rings. The average Bonchev–Trinajstić information content (AvgIpc) is 3.11. The van der Waals surface area contributed by atoms with Crippen LogP contribution in [0.3, 0.4) is 0 Å². The van der Waals surface area contributed by atoms with Crippen LogP contribution in [0.15, 0.2) is 36.4 Å². The summed E-state index contributed by atoms with van der Waals surface area (Å²) in [6.07, 6.45) is 7.64. The number of ketones is 1. The van der Waals surface area contributed by atoms with Gasteiger partial charge in [0, 0.05) is 6.42 Å². The first-order valence-electron chi connectivity index (χ1n) is 9.58. The summed E-state index contributed by atoms with van der Waals surface area (Å²) >= 11 is 0. The van der Waals surface area contributed by atoms with Gasteiger partial charge in [-0.05, 0) is 49.1 Å². The molecule has 0 amide bonds. The number of benzene rings is 2. The van der Waals surface area contributed by atoms with E-state index in [0.29, 0.717) is 13.2 Å². The van der Waals surface area contributed by atoms with E-state index in [9.17, 15) is 15.0 Å². The summed E-state index contributed by atoms with van der Waals surface area (Å²) in [7, 11) is 0. The molecule has 0 aliphatic carbocycles. The quantitative estimate of drug-likeness (QED) is 0.455. The van der Waals surface area contributed by atoms with Crippen molar-refractivity contribution in [2.45, 2.75) is 51.4 Å².